The summed E-state index contributed by atoms with van der Waals surface area (Å²) in [7, 11) is 0. The molecule has 0 radical (unpaired) electrons. The molecule has 58 valence electrons. The third-order valence-corrected chi connectivity index (χ3v) is 1.49. The van der Waals surface area contributed by atoms with Crippen LogP contribution in [0, 0.1) is 0 Å². The third kappa shape index (κ3) is 1.05. The molecule has 0 aromatic carbocycles. The van der Waals surface area contributed by atoms with E-state index in [1.165, 1.54) is 6.26 Å². The number of hydroxylamine groups is 1. The van der Waals surface area contributed by atoms with Crippen LogP contribution in [0.25, 0.3) is 0 Å². The maximum Gasteiger partial charge on any atom is 0.320 e. The Morgan fingerprint density at radius 1 is 1.55 bits per heavy atom. The van der Waals surface area contributed by atoms with Crippen LogP contribution in [-0.2, 0) is 4.84 Å². The average Bonchev–Trinajstić information content (AvgIpc) is 2.04. The van der Waals surface area contributed by atoms with Gasteiger partial charge in [-0.3, -0.25) is 0 Å². The molecule has 5 heteroatoms. The predicted octanol–water partition coefficient (Wildman–Crippen LogP) is -0.442. The van der Waals surface area contributed by atoms with Crippen LogP contribution in [0.4, 0.5) is 4.79 Å². The molecule has 0 aromatic heterocycles. The van der Waals surface area contributed by atoms with Crippen molar-refractivity contribution >= 4 is 6.03 Å². The molecular formula is C6H7N3O2. The second-order valence-electron chi connectivity index (χ2n) is 2.23. The lowest BCUT2D eigenvalue weighted by Crippen LogP contribution is -2.53. The van der Waals surface area contributed by atoms with Gasteiger partial charge in [-0.05, 0) is 6.08 Å². The highest BCUT2D eigenvalue weighted by Gasteiger charge is 2.21. The number of hydrogen-bond donors (Lipinski definition) is 3. The van der Waals surface area contributed by atoms with E-state index in [0.717, 1.165) is 5.57 Å². The molecular weight excluding hydrogens is 146 g/mol. The van der Waals surface area contributed by atoms with Crippen molar-refractivity contribution < 1.29 is 9.63 Å². The summed E-state index contributed by atoms with van der Waals surface area (Å²) >= 11 is 0. The lowest BCUT2D eigenvalue weighted by Gasteiger charge is -2.26. The summed E-state index contributed by atoms with van der Waals surface area (Å²) in [6.07, 6.45) is 4.69. The van der Waals surface area contributed by atoms with E-state index < -0.39 is 0 Å². The van der Waals surface area contributed by atoms with Gasteiger partial charge in [-0.25, -0.2) is 4.79 Å². The maximum atomic E-state index is 10.7. The average molecular weight is 153 g/mol. The SMILES string of the molecule is O=C1NC=C2C=CONC2N1. The molecule has 11 heavy (non-hydrogen) atoms. The van der Waals surface area contributed by atoms with E-state index in [4.69, 9.17) is 4.84 Å². The smallest absolute Gasteiger partial charge is 0.320 e. The standard InChI is InChI=1S/C6H7N3O2/c10-6-7-3-4-1-2-11-9-5(4)8-6/h1-3,5,9H,(H2,7,8,10). The zero-order valence-corrected chi connectivity index (χ0v) is 5.63. The number of urea groups is 1. The van der Waals surface area contributed by atoms with Crippen molar-refractivity contribution in [2.75, 3.05) is 0 Å². The second kappa shape index (κ2) is 2.28. The lowest BCUT2D eigenvalue weighted by atomic mass is 10.2. The van der Waals surface area contributed by atoms with Crippen molar-refractivity contribution in [3.05, 3.63) is 24.1 Å². The van der Waals surface area contributed by atoms with Crippen molar-refractivity contribution in [2.24, 2.45) is 0 Å². The van der Waals surface area contributed by atoms with Gasteiger partial charge >= 0.3 is 6.03 Å². The summed E-state index contributed by atoms with van der Waals surface area (Å²) in [6.45, 7) is 0. The zero-order chi connectivity index (χ0) is 7.68. The summed E-state index contributed by atoms with van der Waals surface area (Å²) < 4.78 is 0. The first kappa shape index (κ1) is 6.23. The number of carbonyl (C=O) groups excluding carboxylic acids is 1. The Kier molecular flexibility index (Phi) is 1.29. The number of nitrogens with one attached hydrogen (secondary N) is 3. The van der Waals surface area contributed by atoms with Gasteiger partial charge in [0.15, 0.2) is 0 Å². The van der Waals surface area contributed by atoms with E-state index in [2.05, 4.69) is 16.1 Å². The van der Waals surface area contributed by atoms with Gasteiger partial charge in [0.05, 0.1) is 0 Å². The van der Waals surface area contributed by atoms with Crippen LogP contribution in [0.15, 0.2) is 24.1 Å². The van der Waals surface area contributed by atoms with Gasteiger partial charge in [-0.1, -0.05) is 0 Å². The van der Waals surface area contributed by atoms with Crippen LogP contribution in [0.5, 0.6) is 0 Å². The molecule has 0 saturated heterocycles. The minimum absolute atomic E-state index is 0.228. The summed E-state index contributed by atoms with van der Waals surface area (Å²) in [4.78, 5) is 15.5. The van der Waals surface area contributed by atoms with Crippen LogP contribution in [-0.4, -0.2) is 12.2 Å². The van der Waals surface area contributed by atoms with Gasteiger partial charge < -0.3 is 15.5 Å². The van der Waals surface area contributed by atoms with Crippen molar-refractivity contribution in [3.63, 3.8) is 0 Å². The third-order valence-electron chi connectivity index (χ3n) is 1.49. The Bertz CT molecular complexity index is 246. The molecule has 5 nitrogen and oxygen atoms in total. The monoisotopic (exact) mass is 153 g/mol. The summed E-state index contributed by atoms with van der Waals surface area (Å²) in [5, 5.41) is 5.13. The van der Waals surface area contributed by atoms with Gasteiger partial charge in [0.25, 0.3) is 0 Å². The minimum Gasteiger partial charge on any atom is -0.414 e. The Hall–Kier alpha value is -1.49. The van der Waals surface area contributed by atoms with Crippen molar-refractivity contribution in [1.29, 1.82) is 0 Å². The molecule has 0 aromatic rings. The van der Waals surface area contributed by atoms with Gasteiger partial charge in [-0.2, -0.15) is 0 Å². The minimum atomic E-state index is -0.231. The quantitative estimate of drug-likeness (QED) is 0.442. The summed E-state index contributed by atoms with van der Waals surface area (Å²) in [6, 6.07) is -0.231. The van der Waals surface area contributed by atoms with Crippen molar-refractivity contribution in [2.45, 2.75) is 6.17 Å². The largest absolute Gasteiger partial charge is 0.414 e. The van der Waals surface area contributed by atoms with Crippen LogP contribution in [0.1, 0.15) is 0 Å². The fourth-order valence-corrected chi connectivity index (χ4v) is 0.950. The van der Waals surface area contributed by atoms with Gasteiger partial charge in [0.1, 0.15) is 12.4 Å². The van der Waals surface area contributed by atoms with Crippen LogP contribution >= 0.6 is 0 Å². The summed E-state index contributed by atoms with van der Waals surface area (Å²) in [5.74, 6) is 0. The predicted molar refractivity (Wildman–Crippen MR) is 36.9 cm³/mol. The van der Waals surface area contributed by atoms with E-state index >= 15 is 0 Å². The van der Waals surface area contributed by atoms with E-state index in [1.54, 1.807) is 12.3 Å². The molecule has 0 fully saturated rings. The molecule has 2 amide bonds. The van der Waals surface area contributed by atoms with Gasteiger partial charge in [0.2, 0.25) is 0 Å². The molecule has 2 rings (SSSR count). The Labute approximate surface area is 63.1 Å². The fourth-order valence-electron chi connectivity index (χ4n) is 0.950. The number of carbonyl (C=O) groups is 1. The lowest BCUT2D eigenvalue weighted by molar-refractivity contribution is 0.0915. The Balaban J connectivity index is 2.24. The number of hydrogen-bond acceptors (Lipinski definition) is 3. The number of amides is 2. The highest BCUT2D eigenvalue weighted by Crippen LogP contribution is 2.08. The first-order valence-corrected chi connectivity index (χ1v) is 3.21. The Morgan fingerprint density at radius 3 is 3.36 bits per heavy atom. The van der Waals surface area contributed by atoms with E-state index in [-0.39, 0.29) is 12.2 Å². The molecule has 0 saturated carbocycles. The summed E-state index contributed by atoms with van der Waals surface area (Å²) in [5.41, 5.74) is 3.57. The fraction of sp³-hybridized carbons (Fsp3) is 0.167. The molecule has 2 heterocycles. The highest BCUT2D eigenvalue weighted by atomic mass is 16.6. The van der Waals surface area contributed by atoms with Crippen molar-refractivity contribution in [3.8, 4) is 0 Å². The second-order valence-corrected chi connectivity index (χ2v) is 2.23. The Morgan fingerprint density at radius 2 is 2.45 bits per heavy atom. The topological polar surface area (TPSA) is 62.4 Å². The van der Waals surface area contributed by atoms with E-state index in [9.17, 15) is 4.79 Å². The maximum absolute atomic E-state index is 10.7. The molecule has 2 aliphatic rings. The molecule has 0 spiro atoms. The molecule has 1 atom stereocenters. The molecule has 2 aliphatic heterocycles. The first-order valence-electron chi connectivity index (χ1n) is 3.21. The highest BCUT2D eigenvalue weighted by molar-refractivity contribution is 5.77. The molecule has 0 bridgehead atoms. The van der Waals surface area contributed by atoms with Crippen LogP contribution in [0.3, 0.4) is 0 Å². The van der Waals surface area contributed by atoms with Crippen molar-refractivity contribution in [1.82, 2.24) is 16.1 Å². The zero-order valence-electron chi connectivity index (χ0n) is 5.63. The van der Waals surface area contributed by atoms with Crippen LogP contribution < -0.4 is 16.1 Å². The number of fused-ring (bicyclic) bond motifs is 1. The molecule has 3 N–H and O–H groups in total. The van der Waals surface area contributed by atoms with Gasteiger partial charge in [0, 0.05) is 11.8 Å². The molecule has 0 aliphatic carbocycles. The van der Waals surface area contributed by atoms with Crippen LogP contribution in [0.2, 0.25) is 0 Å². The van der Waals surface area contributed by atoms with E-state index in [1.807, 2.05) is 0 Å². The van der Waals surface area contributed by atoms with Gasteiger partial charge in [-0.15, -0.1) is 5.48 Å². The first-order chi connectivity index (χ1) is 5.36. The van der Waals surface area contributed by atoms with E-state index in [0.29, 0.717) is 0 Å². The molecule has 1 unspecified atom stereocenters. The number of rotatable bonds is 0. The normalized spacial score (nSPS) is 27.5.